The lowest BCUT2D eigenvalue weighted by Gasteiger charge is -2.24. The molecule has 0 radical (unpaired) electrons. The molecule has 2 aromatic rings. The fourth-order valence-electron chi connectivity index (χ4n) is 3.31. The molecule has 29 heavy (non-hydrogen) atoms. The number of benzene rings is 2. The fraction of sp³-hybridized carbons (Fsp3) is 0.350. The predicted molar refractivity (Wildman–Crippen MR) is 105 cm³/mol. The Balaban J connectivity index is 1.76. The van der Waals surface area contributed by atoms with Crippen LogP contribution < -0.4 is 14.8 Å². The smallest absolute Gasteiger partial charge is 0.243 e. The first-order chi connectivity index (χ1) is 13.9. The second kappa shape index (κ2) is 8.79. The lowest BCUT2D eigenvalue weighted by molar-refractivity contribution is -0.124. The molecule has 0 bridgehead atoms. The summed E-state index contributed by atoms with van der Waals surface area (Å²) in [5.74, 6) is -0.0227. The molecule has 1 aliphatic rings. The summed E-state index contributed by atoms with van der Waals surface area (Å²) < 4.78 is 50.8. The minimum absolute atomic E-state index is 0.0355. The standard InChI is InChI=1S/C20H23FN2O5S/c1-27-18-10-9-16(12-19(18)28-2)29(25,26)23-11-3-4-17(23)20(24)22-13-14-5-7-15(21)8-6-14/h5-10,12,17H,3-4,11,13H2,1-2H3,(H,22,24). The predicted octanol–water partition coefficient (Wildman–Crippen LogP) is 2.31. The Labute approximate surface area is 169 Å². The van der Waals surface area contributed by atoms with Gasteiger partial charge in [0.2, 0.25) is 15.9 Å². The Hall–Kier alpha value is -2.65. The van der Waals surface area contributed by atoms with E-state index >= 15 is 0 Å². The van der Waals surface area contributed by atoms with Gasteiger partial charge in [-0.2, -0.15) is 4.31 Å². The molecule has 1 atom stereocenters. The SMILES string of the molecule is COc1ccc(S(=O)(=O)N2CCCC2C(=O)NCc2ccc(F)cc2)cc1OC. The Kier molecular flexibility index (Phi) is 6.39. The summed E-state index contributed by atoms with van der Waals surface area (Å²) in [5, 5.41) is 2.74. The molecule has 0 saturated carbocycles. The first-order valence-electron chi connectivity index (χ1n) is 9.13. The maximum Gasteiger partial charge on any atom is 0.243 e. The first kappa shape index (κ1) is 21.1. The van der Waals surface area contributed by atoms with Crippen molar-refractivity contribution in [3.05, 3.63) is 53.8 Å². The van der Waals surface area contributed by atoms with E-state index in [1.54, 1.807) is 12.1 Å². The van der Waals surface area contributed by atoms with Crippen molar-refractivity contribution in [3.8, 4) is 11.5 Å². The number of methoxy groups -OCH3 is 2. The Morgan fingerprint density at radius 2 is 1.83 bits per heavy atom. The van der Waals surface area contributed by atoms with Crippen molar-refractivity contribution >= 4 is 15.9 Å². The van der Waals surface area contributed by atoms with E-state index < -0.39 is 16.1 Å². The van der Waals surface area contributed by atoms with Crippen LogP contribution in [0.2, 0.25) is 0 Å². The lowest BCUT2D eigenvalue weighted by atomic mass is 10.2. The number of hydrogen-bond acceptors (Lipinski definition) is 5. The van der Waals surface area contributed by atoms with Crippen LogP contribution in [0.25, 0.3) is 0 Å². The van der Waals surface area contributed by atoms with Gasteiger partial charge in [-0.1, -0.05) is 12.1 Å². The quantitative estimate of drug-likeness (QED) is 0.740. The molecule has 0 aliphatic carbocycles. The summed E-state index contributed by atoms with van der Waals surface area (Å²) in [7, 11) is -0.999. The highest BCUT2D eigenvalue weighted by Crippen LogP contribution is 2.33. The van der Waals surface area contributed by atoms with Crippen molar-refractivity contribution in [1.29, 1.82) is 0 Å². The number of carbonyl (C=O) groups excluding carboxylic acids is 1. The third-order valence-corrected chi connectivity index (χ3v) is 6.75. The number of hydrogen-bond donors (Lipinski definition) is 1. The minimum atomic E-state index is -3.89. The third kappa shape index (κ3) is 4.51. The van der Waals surface area contributed by atoms with Crippen LogP contribution in [0.1, 0.15) is 18.4 Å². The molecular weight excluding hydrogens is 399 g/mol. The molecule has 1 unspecified atom stereocenters. The minimum Gasteiger partial charge on any atom is -0.493 e. The van der Waals surface area contributed by atoms with E-state index in [9.17, 15) is 17.6 Å². The average Bonchev–Trinajstić information content (AvgIpc) is 3.23. The fourth-order valence-corrected chi connectivity index (χ4v) is 4.98. The second-order valence-corrected chi connectivity index (χ2v) is 8.53. The van der Waals surface area contributed by atoms with E-state index in [4.69, 9.17) is 9.47 Å². The number of sulfonamides is 1. The highest BCUT2D eigenvalue weighted by molar-refractivity contribution is 7.89. The first-order valence-corrected chi connectivity index (χ1v) is 10.6. The Bertz CT molecular complexity index is 979. The summed E-state index contributed by atoms with van der Waals surface area (Å²) in [6.45, 7) is 0.450. The maximum atomic E-state index is 13.1. The molecule has 2 aromatic carbocycles. The molecule has 156 valence electrons. The van der Waals surface area contributed by atoms with Crippen LogP contribution >= 0.6 is 0 Å². The monoisotopic (exact) mass is 422 g/mol. The molecule has 1 aliphatic heterocycles. The summed E-state index contributed by atoms with van der Waals surface area (Å²) in [6.07, 6.45) is 1.02. The Morgan fingerprint density at radius 3 is 2.48 bits per heavy atom. The molecule has 1 saturated heterocycles. The Morgan fingerprint density at radius 1 is 1.14 bits per heavy atom. The number of nitrogens with one attached hydrogen (secondary N) is 1. The van der Waals surface area contributed by atoms with Crippen LogP contribution in [0.3, 0.4) is 0 Å². The van der Waals surface area contributed by atoms with Crippen LogP contribution in [0.15, 0.2) is 47.4 Å². The van der Waals surface area contributed by atoms with Gasteiger partial charge in [-0.25, -0.2) is 12.8 Å². The van der Waals surface area contributed by atoms with Crippen molar-refractivity contribution in [1.82, 2.24) is 9.62 Å². The van der Waals surface area contributed by atoms with Gasteiger partial charge >= 0.3 is 0 Å². The van der Waals surface area contributed by atoms with Crippen molar-refractivity contribution in [2.45, 2.75) is 30.3 Å². The topological polar surface area (TPSA) is 84.9 Å². The lowest BCUT2D eigenvalue weighted by Crippen LogP contribution is -2.45. The van der Waals surface area contributed by atoms with Crippen LogP contribution in [0.5, 0.6) is 11.5 Å². The van der Waals surface area contributed by atoms with Gasteiger partial charge in [-0.05, 0) is 42.7 Å². The maximum absolute atomic E-state index is 13.1. The molecular formula is C20H23FN2O5S. The summed E-state index contributed by atoms with van der Waals surface area (Å²) in [5.41, 5.74) is 0.729. The number of amides is 1. The van der Waals surface area contributed by atoms with E-state index in [0.717, 1.165) is 5.56 Å². The van der Waals surface area contributed by atoms with Crippen molar-refractivity contribution in [3.63, 3.8) is 0 Å². The third-order valence-electron chi connectivity index (χ3n) is 4.85. The van der Waals surface area contributed by atoms with Crippen LogP contribution in [0.4, 0.5) is 4.39 Å². The summed E-state index contributed by atoms with van der Waals surface area (Å²) >= 11 is 0. The number of halogens is 1. The van der Waals surface area contributed by atoms with Gasteiger partial charge in [0.05, 0.1) is 19.1 Å². The normalized spacial score (nSPS) is 17.1. The van der Waals surface area contributed by atoms with E-state index in [-0.39, 0.29) is 29.7 Å². The summed E-state index contributed by atoms with van der Waals surface area (Å²) in [6, 6.07) is 9.31. The second-order valence-electron chi connectivity index (χ2n) is 6.63. The highest BCUT2D eigenvalue weighted by Gasteiger charge is 2.39. The largest absolute Gasteiger partial charge is 0.493 e. The van der Waals surface area contributed by atoms with E-state index in [1.807, 2.05) is 0 Å². The highest BCUT2D eigenvalue weighted by atomic mass is 32.2. The molecule has 1 N–H and O–H groups in total. The van der Waals surface area contributed by atoms with Crippen molar-refractivity contribution in [2.24, 2.45) is 0 Å². The average molecular weight is 422 g/mol. The molecule has 3 rings (SSSR count). The number of carbonyl (C=O) groups is 1. The van der Waals surface area contributed by atoms with Gasteiger partial charge in [-0.3, -0.25) is 4.79 Å². The van der Waals surface area contributed by atoms with Gasteiger partial charge in [-0.15, -0.1) is 0 Å². The number of nitrogens with zero attached hydrogens (tertiary/aromatic N) is 1. The molecule has 0 spiro atoms. The van der Waals surface area contributed by atoms with Crippen LogP contribution in [-0.4, -0.2) is 45.4 Å². The molecule has 1 amide bonds. The van der Waals surface area contributed by atoms with E-state index in [1.165, 1.54) is 48.9 Å². The molecule has 9 heteroatoms. The van der Waals surface area contributed by atoms with Crippen molar-refractivity contribution in [2.75, 3.05) is 20.8 Å². The van der Waals surface area contributed by atoms with Gasteiger partial charge < -0.3 is 14.8 Å². The van der Waals surface area contributed by atoms with E-state index in [2.05, 4.69) is 5.32 Å². The molecule has 0 aromatic heterocycles. The molecule has 1 heterocycles. The van der Waals surface area contributed by atoms with Gasteiger partial charge in [0.15, 0.2) is 11.5 Å². The van der Waals surface area contributed by atoms with Crippen LogP contribution in [0, 0.1) is 5.82 Å². The van der Waals surface area contributed by atoms with E-state index in [0.29, 0.717) is 24.3 Å². The number of rotatable bonds is 7. The zero-order valence-electron chi connectivity index (χ0n) is 16.2. The molecule has 7 nitrogen and oxygen atoms in total. The van der Waals surface area contributed by atoms with Gasteiger partial charge in [0.1, 0.15) is 11.9 Å². The van der Waals surface area contributed by atoms with Crippen LogP contribution in [-0.2, 0) is 21.4 Å². The van der Waals surface area contributed by atoms with Crippen molar-refractivity contribution < 1.29 is 27.1 Å². The molecule has 1 fully saturated rings. The summed E-state index contributed by atoms with van der Waals surface area (Å²) in [4.78, 5) is 12.7. The zero-order valence-corrected chi connectivity index (χ0v) is 17.0. The van der Waals surface area contributed by atoms with Gasteiger partial charge in [0.25, 0.3) is 0 Å². The number of ether oxygens (including phenoxy) is 2. The zero-order chi connectivity index (χ0) is 21.0. The van der Waals surface area contributed by atoms with Gasteiger partial charge in [0, 0.05) is 19.2 Å².